The Morgan fingerprint density at radius 3 is 2.27 bits per heavy atom. The third-order valence-electron chi connectivity index (χ3n) is 3.58. The minimum absolute atomic E-state index is 0.0513. The van der Waals surface area contributed by atoms with Gasteiger partial charge in [-0.3, -0.25) is 9.09 Å². The lowest BCUT2D eigenvalue weighted by molar-refractivity contribution is -0.0533. The second kappa shape index (κ2) is 9.35. The number of nitrogens with zero attached hydrogens (tertiary/aromatic N) is 1. The molecule has 30 heavy (non-hydrogen) atoms. The maximum Gasteiger partial charge on any atom is 0.490 e. The summed E-state index contributed by atoms with van der Waals surface area (Å²) < 4.78 is 52.2. The van der Waals surface area contributed by atoms with Gasteiger partial charge in [-0.1, -0.05) is 12.2 Å². The van der Waals surface area contributed by atoms with Gasteiger partial charge in [0, 0.05) is 11.8 Å². The molecule has 0 radical (unpaired) electrons. The maximum absolute atomic E-state index is 11.8. The zero-order chi connectivity index (χ0) is 23.1. The number of hydrogen-bond donors (Lipinski definition) is 7. The first kappa shape index (κ1) is 26.1. The molecule has 1 fully saturated rings. The summed E-state index contributed by atoms with van der Waals surface area (Å²) in [6.45, 7) is 0.711. The quantitative estimate of drug-likeness (QED) is 0.180. The molecule has 1 aliphatic heterocycles. The predicted molar refractivity (Wildman–Crippen MR) is 101 cm³/mol. The molecule has 2 heterocycles. The van der Waals surface area contributed by atoms with E-state index in [4.69, 9.17) is 43.9 Å². The molecule has 172 valence electrons. The van der Waals surface area contributed by atoms with Crippen LogP contribution in [-0.2, 0) is 31.6 Å². The SMILES string of the molecule is Cc1cn([C@H]2O[C@@H](COP(=O)(O)OP(=O)(O)OP(=O)(O)O)C(O)[C@H]2O)c(=S)[nH]c1=S. The van der Waals surface area contributed by atoms with Crippen LogP contribution in [0.5, 0.6) is 0 Å². The summed E-state index contributed by atoms with van der Waals surface area (Å²) in [4.78, 5) is 38.2. The fourth-order valence-electron chi connectivity index (χ4n) is 2.34. The Morgan fingerprint density at radius 2 is 1.70 bits per heavy atom. The number of aliphatic hydroxyl groups excluding tert-OH is 2. The van der Waals surface area contributed by atoms with E-state index in [2.05, 4.69) is 18.1 Å². The first-order chi connectivity index (χ1) is 13.5. The van der Waals surface area contributed by atoms with E-state index in [0.29, 0.717) is 10.2 Å². The molecule has 0 amide bonds. The Kier molecular flexibility index (Phi) is 8.13. The Labute approximate surface area is 178 Å². The third kappa shape index (κ3) is 6.90. The van der Waals surface area contributed by atoms with Crippen LogP contribution in [0.4, 0.5) is 0 Å². The van der Waals surface area contributed by atoms with Crippen molar-refractivity contribution in [2.75, 3.05) is 6.61 Å². The van der Waals surface area contributed by atoms with Gasteiger partial charge in [-0.15, -0.1) is 0 Å². The lowest BCUT2D eigenvalue weighted by atomic mass is 10.1. The molecule has 20 heteroatoms. The molecule has 7 N–H and O–H groups in total. The molecular weight excluding hydrogens is 513 g/mol. The van der Waals surface area contributed by atoms with Crippen LogP contribution in [0.1, 0.15) is 11.8 Å². The van der Waals surface area contributed by atoms with Crippen LogP contribution in [0.25, 0.3) is 0 Å². The normalized spacial score (nSPS) is 28.8. The van der Waals surface area contributed by atoms with Crippen LogP contribution in [0.2, 0.25) is 0 Å². The summed E-state index contributed by atoms with van der Waals surface area (Å²) in [5.74, 6) is 0. The van der Waals surface area contributed by atoms with Crippen molar-refractivity contribution in [3.8, 4) is 0 Å². The van der Waals surface area contributed by atoms with E-state index < -0.39 is 54.6 Å². The second-order valence-corrected chi connectivity index (χ2v) is 11.1. The van der Waals surface area contributed by atoms with Crippen LogP contribution in [-0.4, -0.2) is 64.3 Å². The molecule has 0 spiro atoms. The van der Waals surface area contributed by atoms with Gasteiger partial charge < -0.3 is 39.5 Å². The van der Waals surface area contributed by atoms with Crippen molar-refractivity contribution in [1.82, 2.24) is 9.55 Å². The Morgan fingerprint density at radius 1 is 1.10 bits per heavy atom. The molecule has 1 aliphatic rings. The van der Waals surface area contributed by atoms with Crippen LogP contribution < -0.4 is 0 Å². The number of aromatic amines is 1. The van der Waals surface area contributed by atoms with Gasteiger partial charge in [0.15, 0.2) is 11.0 Å². The summed E-state index contributed by atoms with van der Waals surface area (Å²) >= 11 is 10.1. The largest absolute Gasteiger partial charge is 0.490 e. The Hall–Kier alpha value is -0.190. The molecule has 1 aromatic rings. The molecule has 15 nitrogen and oxygen atoms in total. The number of rotatable bonds is 8. The number of phosphoric ester groups is 1. The minimum Gasteiger partial charge on any atom is -0.387 e. The van der Waals surface area contributed by atoms with Crippen LogP contribution in [0, 0.1) is 16.3 Å². The van der Waals surface area contributed by atoms with Gasteiger partial charge in [0.25, 0.3) is 0 Å². The highest BCUT2D eigenvalue weighted by Crippen LogP contribution is 2.66. The van der Waals surface area contributed by atoms with Gasteiger partial charge in [-0.25, -0.2) is 13.7 Å². The van der Waals surface area contributed by atoms with Gasteiger partial charge in [0.1, 0.15) is 23.0 Å². The molecule has 0 bridgehead atoms. The van der Waals surface area contributed by atoms with E-state index in [1.165, 1.54) is 10.8 Å². The van der Waals surface area contributed by atoms with Gasteiger partial charge in [0.05, 0.1) is 6.61 Å². The van der Waals surface area contributed by atoms with Crippen LogP contribution in [0.15, 0.2) is 6.20 Å². The summed E-state index contributed by atoms with van der Waals surface area (Å²) in [6, 6.07) is 0. The fraction of sp³-hybridized carbons (Fsp3) is 0.600. The van der Waals surface area contributed by atoms with Gasteiger partial charge in [0.2, 0.25) is 0 Å². The van der Waals surface area contributed by atoms with Crippen molar-refractivity contribution in [3.63, 3.8) is 0 Å². The molecule has 0 aromatic carbocycles. The first-order valence-electron chi connectivity index (χ1n) is 7.63. The lowest BCUT2D eigenvalue weighted by Gasteiger charge is -2.19. The molecule has 0 saturated carbocycles. The molecule has 6 atom stereocenters. The summed E-state index contributed by atoms with van der Waals surface area (Å²) in [7, 11) is -16.6. The van der Waals surface area contributed by atoms with E-state index >= 15 is 0 Å². The summed E-state index contributed by atoms with van der Waals surface area (Å²) in [6.07, 6.45) is -4.43. The van der Waals surface area contributed by atoms with Crippen molar-refractivity contribution < 1.29 is 61.4 Å². The van der Waals surface area contributed by atoms with Crippen molar-refractivity contribution >= 4 is 47.9 Å². The van der Waals surface area contributed by atoms with Gasteiger partial charge in [-0.05, 0) is 19.1 Å². The molecule has 2 rings (SSSR count). The third-order valence-corrected chi connectivity index (χ3v) is 8.11. The number of aliphatic hydroxyl groups is 2. The molecular formula is C10H17N2O13P3S2. The molecule has 1 saturated heterocycles. The first-order valence-corrected chi connectivity index (χ1v) is 13.0. The zero-order valence-corrected chi connectivity index (χ0v) is 19.1. The predicted octanol–water partition coefficient (Wildman–Crippen LogP) is 0.546. The van der Waals surface area contributed by atoms with E-state index in [1.807, 2.05) is 0 Å². The van der Waals surface area contributed by atoms with Crippen molar-refractivity contribution in [2.45, 2.75) is 31.5 Å². The van der Waals surface area contributed by atoms with Crippen LogP contribution >= 0.6 is 47.9 Å². The number of H-pyrrole nitrogens is 1. The summed E-state index contributed by atoms with van der Waals surface area (Å²) in [5, 5.41) is 20.3. The topological polar surface area (TPSA) is 230 Å². The van der Waals surface area contributed by atoms with Gasteiger partial charge in [-0.2, -0.15) is 8.62 Å². The molecule has 0 aliphatic carbocycles. The average molecular weight is 530 g/mol. The highest BCUT2D eigenvalue weighted by molar-refractivity contribution is 7.72. The standard InChI is InChI=1S/C10H17N2O13P3S2/c1-4-2-12(10(30)11-8(4)29)9-7(14)6(13)5(23-9)3-22-27(18,19)25-28(20,21)24-26(15,16)17/h2,5-7,9,13-14H,3H2,1H3,(H,18,19)(H,20,21)(H,11,29,30)(H2,15,16,17)/t5-,6?,7+,9-/m0/s1. The van der Waals surface area contributed by atoms with Crippen molar-refractivity contribution in [3.05, 3.63) is 21.2 Å². The maximum atomic E-state index is 11.8. The molecule has 1 aromatic heterocycles. The number of aromatic nitrogens is 2. The van der Waals surface area contributed by atoms with Gasteiger partial charge >= 0.3 is 23.5 Å². The minimum atomic E-state index is -5.69. The number of nitrogens with one attached hydrogen (secondary N) is 1. The zero-order valence-electron chi connectivity index (χ0n) is 14.7. The highest BCUT2D eigenvalue weighted by atomic mass is 32.1. The van der Waals surface area contributed by atoms with E-state index in [0.717, 1.165) is 0 Å². The number of hydrogen-bond acceptors (Lipinski definition) is 11. The highest BCUT2D eigenvalue weighted by Gasteiger charge is 2.46. The van der Waals surface area contributed by atoms with E-state index in [-0.39, 0.29) is 4.77 Å². The van der Waals surface area contributed by atoms with Crippen molar-refractivity contribution in [1.29, 1.82) is 0 Å². The molecule has 3 unspecified atom stereocenters. The Bertz CT molecular complexity index is 1050. The average Bonchev–Trinajstić information content (AvgIpc) is 2.81. The Balaban J connectivity index is 2.09. The van der Waals surface area contributed by atoms with E-state index in [1.54, 1.807) is 6.92 Å². The van der Waals surface area contributed by atoms with Crippen LogP contribution in [0.3, 0.4) is 0 Å². The number of ether oxygens (including phenoxy) is 1. The smallest absolute Gasteiger partial charge is 0.387 e. The number of aryl methyl sites for hydroxylation is 1. The number of phosphoric acid groups is 3. The summed E-state index contributed by atoms with van der Waals surface area (Å²) in [5.41, 5.74) is 0.570. The monoisotopic (exact) mass is 530 g/mol. The van der Waals surface area contributed by atoms with Crippen molar-refractivity contribution in [2.24, 2.45) is 0 Å². The van der Waals surface area contributed by atoms with E-state index in [9.17, 15) is 28.8 Å². The lowest BCUT2D eigenvalue weighted by Crippen LogP contribution is -2.33. The second-order valence-electron chi connectivity index (χ2n) is 5.91. The fourth-order valence-corrected chi connectivity index (χ4v) is 5.85.